The van der Waals surface area contributed by atoms with Gasteiger partial charge in [0.15, 0.2) is 0 Å². The Morgan fingerprint density at radius 3 is 2.56 bits per heavy atom. The lowest BCUT2D eigenvalue weighted by Gasteiger charge is -2.24. The fraction of sp³-hybridized carbons (Fsp3) is 0.545. The molecule has 0 saturated carbocycles. The minimum atomic E-state index is -0.883. The monoisotopic (exact) mass is 253 g/mol. The van der Waals surface area contributed by atoms with E-state index < -0.39 is 11.4 Å². The first-order valence-electron chi connectivity index (χ1n) is 5.82. The van der Waals surface area contributed by atoms with Gasteiger partial charge in [0.05, 0.1) is 17.4 Å². The van der Waals surface area contributed by atoms with E-state index in [9.17, 15) is 9.59 Å². The zero-order valence-electron chi connectivity index (χ0n) is 10.6. The van der Waals surface area contributed by atoms with E-state index in [-0.39, 0.29) is 12.5 Å². The summed E-state index contributed by atoms with van der Waals surface area (Å²) in [7, 11) is 0. The molecule has 1 aromatic heterocycles. The fourth-order valence-corrected chi connectivity index (χ4v) is 1.50. The van der Waals surface area contributed by atoms with Crippen molar-refractivity contribution in [3.8, 4) is 0 Å². The number of aromatic nitrogens is 2. The molecule has 0 aliphatic heterocycles. The van der Waals surface area contributed by atoms with Crippen molar-refractivity contribution in [2.75, 3.05) is 5.32 Å². The molecular formula is C11H19N5O2. The lowest BCUT2D eigenvalue weighted by molar-refractivity contribution is -0.121. The van der Waals surface area contributed by atoms with E-state index in [2.05, 4.69) is 10.4 Å². The van der Waals surface area contributed by atoms with Crippen LogP contribution in [0.2, 0.25) is 0 Å². The van der Waals surface area contributed by atoms with Gasteiger partial charge in [0.25, 0.3) is 0 Å². The number of carbonyl (C=O) groups excluding carboxylic acids is 2. The van der Waals surface area contributed by atoms with Crippen molar-refractivity contribution in [1.82, 2.24) is 9.78 Å². The first-order chi connectivity index (χ1) is 8.41. The highest BCUT2D eigenvalue weighted by Crippen LogP contribution is 2.15. The van der Waals surface area contributed by atoms with Crippen LogP contribution in [0.25, 0.3) is 0 Å². The molecular weight excluding hydrogens is 234 g/mol. The lowest BCUT2D eigenvalue weighted by atomic mass is 9.93. The number of nitrogens with one attached hydrogen (secondary N) is 1. The van der Waals surface area contributed by atoms with Crippen LogP contribution in [0.1, 0.15) is 26.7 Å². The van der Waals surface area contributed by atoms with Gasteiger partial charge in [0.2, 0.25) is 11.8 Å². The SMILES string of the molecule is CCC(N)(CC)C(=O)Nc1cnn(CC(N)=O)c1. The first-order valence-corrected chi connectivity index (χ1v) is 5.82. The van der Waals surface area contributed by atoms with Gasteiger partial charge in [-0.3, -0.25) is 14.3 Å². The zero-order chi connectivity index (χ0) is 13.8. The normalized spacial score (nSPS) is 11.3. The van der Waals surface area contributed by atoms with E-state index in [0.29, 0.717) is 18.5 Å². The lowest BCUT2D eigenvalue weighted by Crippen LogP contribution is -2.50. The van der Waals surface area contributed by atoms with Crippen molar-refractivity contribution in [3.63, 3.8) is 0 Å². The topological polar surface area (TPSA) is 116 Å². The maximum Gasteiger partial charge on any atom is 0.244 e. The third kappa shape index (κ3) is 3.30. The standard InChI is InChI=1S/C11H19N5O2/c1-3-11(13,4-2)10(18)15-8-5-14-16(6-8)7-9(12)17/h5-6H,3-4,7,13H2,1-2H3,(H2,12,17)(H,15,18). The number of amides is 2. The highest BCUT2D eigenvalue weighted by Gasteiger charge is 2.30. The second-order valence-corrected chi connectivity index (χ2v) is 4.21. The zero-order valence-corrected chi connectivity index (χ0v) is 10.6. The summed E-state index contributed by atoms with van der Waals surface area (Å²) in [4.78, 5) is 22.7. The van der Waals surface area contributed by atoms with Crippen LogP contribution in [-0.4, -0.2) is 27.1 Å². The van der Waals surface area contributed by atoms with Crippen LogP contribution in [0.5, 0.6) is 0 Å². The first kappa shape index (κ1) is 14.2. The number of rotatable bonds is 6. The molecule has 0 aliphatic carbocycles. The van der Waals surface area contributed by atoms with Crippen molar-refractivity contribution in [2.24, 2.45) is 11.5 Å². The molecule has 0 fully saturated rings. The Hall–Kier alpha value is -1.89. The average molecular weight is 253 g/mol. The van der Waals surface area contributed by atoms with Gasteiger partial charge in [0, 0.05) is 6.20 Å². The highest BCUT2D eigenvalue weighted by molar-refractivity contribution is 5.97. The molecule has 0 saturated heterocycles. The van der Waals surface area contributed by atoms with E-state index >= 15 is 0 Å². The Labute approximate surface area is 106 Å². The molecule has 0 bridgehead atoms. The van der Waals surface area contributed by atoms with Crippen LogP contribution < -0.4 is 16.8 Å². The molecule has 0 atom stereocenters. The van der Waals surface area contributed by atoms with Crippen molar-refractivity contribution in [3.05, 3.63) is 12.4 Å². The van der Waals surface area contributed by atoms with Crippen molar-refractivity contribution in [2.45, 2.75) is 38.8 Å². The largest absolute Gasteiger partial charge is 0.368 e. The van der Waals surface area contributed by atoms with Gasteiger partial charge >= 0.3 is 0 Å². The quantitative estimate of drug-likeness (QED) is 0.652. The van der Waals surface area contributed by atoms with E-state index in [1.807, 2.05) is 13.8 Å². The number of nitrogens with zero attached hydrogens (tertiary/aromatic N) is 2. The van der Waals surface area contributed by atoms with Crippen LogP contribution in [0, 0.1) is 0 Å². The number of hydrogen-bond acceptors (Lipinski definition) is 4. The van der Waals surface area contributed by atoms with E-state index in [4.69, 9.17) is 11.5 Å². The van der Waals surface area contributed by atoms with Gasteiger partial charge in [-0.15, -0.1) is 0 Å². The molecule has 1 rings (SSSR count). The summed E-state index contributed by atoms with van der Waals surface area (Å²) >= 11 is 0. The second kappa shape index (κ2) is 5.63. The Morgan fingerprint density at radius 1 is 1.44 bits per heavy atom. The predicted molar refractivity (Wildman–Crippen MR) is 67.6 cm³/mol. The minimum absolute atomic E-state index is 0.0226. The molecule has 5 N–H and O–H groups in total. The molecule has 0 radical (unpaired) electrons. The molecule has 7 heteroatoms. The number of carbonyl (C=O) groups is 2. The third-order valence-corrected chi connectivity index (χ3v) is 2.92. The molecule has 0 aromatic carbocycles. The predicted octanol–water partition coefficient (Wildman–Crippen LogP) is -0.176. The van der Waals surface area contributed by atoms with Gasteiger partial charge in [-0.2, -0.15) is 5.10 Å². The molecule has 2 amide bonds. The van der Waals surface area contributed by atoms with Gasteiger partial charge in [-0.25, -0.2) is 0 Å². The van der Waals surface area contributed by atoms with Crippen LogP contribution in [0.4, 0.5) is 5.69 Å². The summed E-state index contributed by atoms with van der Waals surface area (Å²) in [6.07, 6.45) is 4.08. The summed E-state index contributed by atoms with van der Waals surface area (Å²) in [5.74, 6) is -0.752. The van der Waals surface area contributed by atoms with Crippen LogP contribution in [0.3, 0.4) is 0 Å². The van der Waals surface area contributed by atoms with Crippen molar-refractivity contribution in [1.29, 1.82) is 0 Å². The maximum absolute atomic E-state index is 12.0. The van der Waals surface area contributed by atoms with Crippen molar-refractivity contribution >= 4 is 17.5 Å². The summed E-state index contributed by atoms with van der Waals surface area (Å²) in [6.45, 7) is 3.70. The van der Waals surface area contributed by atoms with E-state index in [1.165, 1.54) is 17.1 Å². The number of hydrogen-bond donors (Lipinski definition) is 3. The Kier molecular flexibility index (Phi) is 4.43. The summed E-state index contributed by atoms with van der Waals surface area (Å²) in [5.41, 5.74) is 10.6. The molecule has 100 valence electrons. The molecule has 18 heavy (non-hydrogen) atoms. The highest BCUT2D eigenvalue weighted by atomic mass is 16.2. The molecule has 1 heterocycles. The molecule has 7 nitrogen and oxygen atoms in total. The molecule has 0 spiro atoms. The van der Waals surface area contributed by atoms with E-state index in [1.54, 1.807) is 0 Å². The Balaban J connectivity index is 2.70. The van der Waals surface area contributed by atoms with Gasteiger partial charge in [-0.05, 0) is 12.8 Å². The van der Waals surface area contributed by atoms with Crippen LogP contribution in [-0.2, 0) is 16.1 Å². The van der Waals surface area contributed by atoms with Gasteiger partial charge in [0.1, 0.15) is 6.54 Å². The van der Waals surface area contributed by atoms with Crippen LogP contribution in [0.15, 0.2) is 12.4 Å². The maximum atomic E-state index is 12.0. The summed E-state index contributed by atoms with van der Waals surface area (Å²) in [5, 5.41) is 6.58. The van der Waals surface area contributed by atoms with E-state index in [0.717, 1.165) is 0 Å². The summed E-state index contributed by atoms with van der Waals surface area (Å²) < 4.78 is 1.36. The van der Waals surface area contributed by atoms with Gasteiger partial charge < -0.3 is 16.8 Å². The molecule has 1 aromatic rings. The Bertz CT molecular complexity index is 436. The third-order valence-electron chi connectivity index (χ3n) is 2.92. The average Bonchev–Trinajstić information content (AvgIpc) is 2.74. The Morgan fingerprint density at radius 2 is 2.06 bits per heavy atom. The van der Waals surface area contributed by atoms with Crippen molar-refractivity contribution < 1.29 is 9.59 Å². The number of anilines is 1. The number of nitrogens with two attached hydrogens (primary N) is 2. The smallest absolute Gasteiger partial charge is 0.244 e. The molecule has 0 aliphatic rings. The molecule has 0 unspecified atom stereocenters. The van der Waals surface area contributed by atoms with Crippen LogP contribution >= 0.6 is 0 Å². The minimum Gasteiger partial charge on any atom is -0.368 e. The fourth-order valence-electron chi connectivity index (χ4n) is 1.50. The number of primary amides is 1. The second-order valence-electron chi connectivity index (χ2n) is 4.21. The summed E-state index contributed by atoms with van der Waals surface area (Å²) in [6, 6.07) is 0. The van der Waals surface area contributed by atoms with Gasteiger partial charge in [-0.1, -0.05) is 13.8 Å².